The minimum Gasteiger partial charge on any atom is -0.481 e. The fourth-order valence-electron chi connectivity index (χ4n) is 1.43. The smallest absolute Gasteiger partial charge is 0.303 e. The molecule has 0 saturated heterocycles. The lowest BCUT2D eigenvalue weighted by Crippen LogP contribution is -2.04. The molecule has 0 aromatic heterocycles. The first-order chi connectivity index (χ1) is 7.43. The third kappa shape index (κ3) is 2.79. The number of aliphatic carboxylic acids is 1. The van der Waals surface area contributed by atoms with Crippen molar-refractivity contribution in [1.82, 2.24) is 0 Å². The number of carbonyl (C=O) groups is 1. The van der Waals surface area contributed by atoms with Gasteiger partial charge in [0, 0.05) is 6.07 Å². The maximum Gasteiger partial charge on any atom is 0.303 e. The van der Waals surface area contributed by atoms with Gasteiger partial charge in [-0.05, 0) is 27.4 Å². The van der Waals surface area contributed by atoms with Crippen LogP contribution in [0, 0.1) is 10.1 Å². The van der Waals surface area contributed by atoms with Gasteiger partial charge in [-0.1, -0.05) is 19.1 Å². The van der Waals surface area contributed by atoms with Gasteiger partial charge < -0.3 is 5.11 Å². The van der Waals surface area contributed by atoms with Crippen molar-refractivity contribution in [3.05, 3.63) is 38.3 Å². The second kappa shape index (κ2) is 5.07. The first-order valence-electron chi connectivity index (χ1n) is 4.58. The summed E-state index contributed by atoms with van der Waals surface area (Å²) in [5.74, 6) is -1.20. The molecular weight excluding hydrogens is 278 g/mol. The van der Waals surface area contributed by atoms with Crippen LogP contribution in [0.25, 0.3) is 0 Å². The number of halogens is 1. The molecule has 6 heteroatoms. The van der Waals surface area contributed by atoms with Crippen LogP contribution in [-0.4, -0.2) is 16.0 Å². The Morgan fingerprint density at radius 1 is 1.62 bits per heavy atom. The van der Waals surface area contributed by atoms with Crippen LogP contribution >= 0.6 is 15.9 Å². The van der Waals surface area contributed by atoms with Crippen molar-refractivity contribution in [2.75, 3.05) is 0 Å². The number of hydrogen-bond donors (Lipinski definition) is 1. The number of nitro benzene ring substituents is 1. The second-order valence-corrected chi connectivity index (χ2v) is 4.23. The number of nitrogens with zero attached hydrogens (tertiary/aromatic N) is 1. The Balaban J connectivity index is 3.10. The number of rotatable bonds is 4. The summed E-state index contributed by atoms with van der Waals surface area (Å²) in [6.07, 6.45) is -0.0558. The topological polar surface area (TPSA) is 80.4 Å². The molecule has 5 nitrogen and oxygen atoms in total. The molecule has 0 radical (unpaired) electrons. The Labute approximate surface area is 100 Å². The monoisotopic (exact) mass is 287 g/mol. The SMILES string of the molecule is CC(CC(=O)O)c1cccc([N+](=O)[O-])c1Br. The summed E-state index contributed by atoms with van der Waals surface area (Å²) in [7, 11) is 0. The van der Waals surface area contributed by atoms with Gasteiger partial charge in [0.15, 0.2) is 0 Å². The molecule has 1 unspecified atom stereocenters. The van der Waals surface area contributed by atoms with E-state index in [2.05, 4.69) is 15.9 Å². The summed E-state index contributed by atoms with van der Waals surface area (Å²) >= 11 is 3.14. The van der Waals surface area contributed by atoms with E-state index in [1.165, 1.54) is 6.07 Å². The Hall–Kier alpha value is -1.43. The number of hydrogen-bond acceptors (Lipinski definition) is 3. The van der Waals surface area contributed by atoms with Crippen molar-refractivity contribution in [1.29, 1.82) is 0 Å². The lowest BCUT2D eigenvalue weighted by molar-refractivity contribution is -0.385. The maximum atomic E-state index is 10.7. The third-order valence-corrected chi connectivity index (χ3v) is 3.08. The molecule has 16 heavy (non-hydrogen) atoms. The summed E-state index contributed by atoms with van der Waals surface area (Å²) in [6, 6.07) is 4.61. The van der Waals surface area contributed by atoms with E-state index >= 15 is 0 Å². The minimum absolute atomic E-state index is 0.0465. The van der Waals surface area contributed by atoms with Gasteiger partial charge in [0.2, 0.25) is 0 Å². The molecule has 0 heterocycles. The van der Waals surface area contributed by atoms with Gasteiger partial charge in [-0.2, -0.15) is 0 Å². The minimum atomic E-state index is -0.925. The summed E-state index contributed by atoms with van der Waals surface area (Å²) < 4.78 is 0.355. The molecular formula is C10H10BrNO4. The van der Waals surface area contributed by atoms with Crippen molar-refractivity contribution in [2.24, 2.45) is 0 Å². The van der Waals surface area contributed by atoms with Crippen molar-refractivity contribution < 1.29 is 14.8 Å². The van der Waals surface area contributed by atoms with Crippen LogP contribution in [0.2, 0.25) is 0 Å². The number of carboxylic acid groups (broad SMARTS) is 1. The van der Waals surface area contributed by atoms with Gasteiger partial charge in [-0.15, -0.1) is 0 Å². The van der Waals surface area contributed by atoms with Gasteiger partial charge in [-0.25, -0.2) is 0 Å². The number of benzene rings is 1. The van der Waals surface area contributed by atoms with Crippen LogP contribution in [0.15, 0.2) is 22.7 Å². The Bertz CT molecular complexity index is 433. The molecule has 86 valence electrons. The zero-order valence-corrected chi connectivity index (χ0v) is 10.1. The Morgan fingerprint density at radius 3 is 2.75 bits per heavy atom. The van der Waals surface area contributed by atoms with Crippen molar-refractivity contribution in [3.8, 4) is 0 Å². The van der Waals surface area contributed by atoms with Crippen LogP contribution in [-0.2, 0) is 4.79 Å². The molecule has 0 amide bonds. The average molecular weight is 288 g/mol. The molecule has 1 aromatic rings. The zero-order valence-electron chi connectivity index (χ0n) is 8.51. The van der Waals surface area contributed by atoms with Crippen LogP contribution in [0.3, 0.4) is 0 Å². The van der Waals surface area contributed by atoms with Crippen molar-refractivity contribution in [3.63, 3.8) is 0 Å². The lowest BCUT2D eigenvalue weighted by Gasteiger charge is -2.11. The predicted octanol–water partition coefficient (Wildman–Crippen LogP) is 2.94. The van der Waals surface area contributed by atoms with Gasteiger partial charge in [0.05, 0.1) is 15.8 Å². The first-order valence-corrected chi connectivity index (χ1v) is 5.37. The fraction of sp³-hybridized carbons (Fsp3) is 0.300. The highest BCUT2D eigenvalue weighted by atomic mass is 79.9. The van der Waals surface area contributed by atoms with E-state index in [1.54, 1.807) is 19.1 Å². The van der Waals surface area contributed by atoms with E-state index in [9.17, 15) is 14.9 Å². The van der Waals surface area contributed by atoms with E-state index in [1.807, 2.05) is 0 Å². The number of nitro groups is 1. The normalized spacial score (nSPS) is 12.1. The van der Waals surface area contributed by atoms with Crippen LogP contribution in [0.4, 0.5) is 5.69 Å². The highest BCUT2D eigenvalue weighted by molar-refractivity contribution is 9.10. The summed E-state index contributed by atoms with van der Waals surface area (Å²) in [5.41, 5.74) is 0.589. The maximum absolute atomic E-state index is 10.7. The van der Waals surface area contributed by atoms with Gasteiger partial charge in [0.25, 0.3) is 5.69 Å². The fourth-order valence-corrected chi connectivity index (χ4v) is 2.23. The summed E-state index contributed by atoms with van der Waals surface area (Å²) in [4.78, 5) is 20.7. The molecule has 1 atom stereocenters. The highest BCUT2D eigenvalue weighted by Crippen LogP contribution is 2.33. The van der Waals surface area contributed by atoms with E-state index in [4.69, 9.17) is 5.11 Å². The molecule has 0 spiro atoms. The Morgan fingerprint density at radius 2 is 2.25 bits per heavy atom. The van der Waals surface area contributed by atoms with Gasteiger partial charge in [-0.3, -0.25) is 14.9 Å². The Kier molecular flexibility index (Phi) is 4.00. The summed E-state index contributed by atoms with van der Waals surface area (Å²) in [5, 5.41) is 19.3. The molecule has 0 aliphatic carbocycles. The van der Waals surface area contributed by atoms with Crippen molar-refractivity contribution >= 4 is 27.6 Å². The second-order valence-electron chi connectivity index (χ2n) is 3.44. The van der Waals surface area contributed by atoms with Crippen molar-refractivity contribution in [2.45, 2.75) is 19.3 Å². The van der Waals surface area contributed by atoms with E-state index < -0.39 is 10.9 Å². The van der Waals surface area contributed by atoms with Gasteiger partial charge in [0.1, 0.15) is 0 Å². The molecule has 0 saturated carbocycles. The summed E-state index contributed by atoms with van der Waals surface area (Å²) in [6.45, 7) is 1.72. The quantitative estimate of drug-likeness (QED) is 0.682. The molecule has 0 aliphatic rings. The molecule has 1 N–H and O–H groups in total. The molecule has 1 rings (SSSR count). The molecule has 0 aliphatic heterocycles. The van der Waals surface area contributed by atoms with Crippen LogP contribution in [0.1, 0.15) is 24.8 Å². The van der Waals surface area contributed by atoms with E-state index in [-0.39, 0.29) is 18.0 Å². The predicted molar refractivity (Wildman–Crippen MR) is 61.5 cm³/mol. The molecule has 1 aromatic carbocycles. The molecule has 0 bridgehead atoms. The molecule has 0 fully saturated rings. The number of carboxylic acids is 1. The standard InChI is InChI=1S/C10H10BrNO4/c1-6(5-9(13)14)7-3-2-4-8(10(7)11)12(15)16/h2-4,6H,5H2,1H3,(H,13,14). The third-order valence-electron chi connectivity index (χ3n) is 2.22. The highest BCUT2D eigenvalue weighted by Gasteiger charge is 2.19. The van der Waals surface area contributed by atoms with E-state index in [0.717, 1.165) is 0 Å². The largest absolute Gasteiger partial charge is 0.481 e. The van der Waals surface area contributed by atoms with Crippen LogP contribution < -0.4 is 0 Å². The zero-order chi connectivity index (χ0) is 12.3. The average Bonchev–Trinajstić information content (AvgIpc) is 2.16. The lowest BCUT2D eigenvalue weighted by atomic mass is 9.97. The van der Waals surface area contributed by atoms with Crippen LogP contribution in [0.5, 0.6) is 0 Å². The van der Waals surface area contributed by atoms with E-state index in [0.29, 0.717) is 10.0 Å². The van der Waals surface area contributed by atoms with Gasteiger partial charge >= 0.3 is 5.97 Å². The first kappa shape index (κ1) is 12.6.